The molecular formula is C33H39N3O4S. The van der Waals surface area contributed by atoms with Crippen molar-refractivity contribution in [2.75, 3.05) is 31.1 Å². The van der Waals surface area contributed by atoms with Crippen molar-refractivity contribution in [2.24, 2.45) is 11.8 Å². The minimum Gasteiger partial charge on any atom is -0.396 e. The van der Waals surface area contributed by atoms with E-state index in [0.29, 0.717) is 32.5 Å². The maximum Gasteiger partial charge on any atom is 0.247 e. The number of aliphatic hydroxyl groups is 1. The van der Waals surface area contributed by atoms with Crippen molar-refractivity contribution in [1.82, 2.24) is 9.80 Å². The number of carbonyl (C=O) groups excluding carboxylic acids is 3. The molecule has 5 rings (SSSR count). The number of anilines is 1. The fourth-order valence-electron chi connectivity index (χ4n) is 7.16. The zero-order valence-corrected chi connectivity index (χ0v) is 24.5. The Morgan fingerprint density at radius 3 is 2.32 bits per heavy atom. The third-order valence-electron chi connectivity index (χ3n) is 8.86. The van der Waals surface area contributed by atoms with E-state index < -0.39 is 27.4 Å². The molecule has 216 valence electrons. The summed E-state index contributed by atoms with van der Waals surface area (Å²) in [6, 6.07) is 18.6. The Morgan fingerprint density at radius 2 is 1.68 bits per heavy atom. The molecule has 5 atom stereocenters. The summed E-state index contributed by atoms with van der Waals surface area (Å²) in [5.41, 5.74) is 1.76. The molecule has 0 aromatic heterocycles. The Bertz CT molecular complexity index is 1300. The number of aliphatic hydroxyl groups excluding tert-OH is 1. The number of carbonyl (C=O) groups is 3. The van der Waals surface area contributed by atoms with Crippen LogP contribution < -0.4 is 4.90 Å². The second-order valence-corrected chi connectivity index (χ2v) is 13.3. The Kier molecular flexibility index (Phi) is 8.43. The largest absolute Gasteiger partial charge is 0.396 e. The summed E-state index contributed by atoms with van der Waals surface area (Å²) >= 11 is 1.67. The molecule has 3 saturated heterocycles. The first-order chi connectivity index (χ1) is 19.8. The summed E-state index contributed by atoms with van der Waals surface area (Å²) in [7, 11) is 0. The number of benzene rings is 2. The van der Waals surface area contributed by atoms with Gasteiger partial charge in [0.1, 0.15) is 6.04 Å². The highest BCUT2D eigenvalue weighted by atomic mass is 32.2. The fourth-order valence-corrected chi connectivity index (χ4v) is 9.50. The van der Waals surface area contributed by atoms with E-state index in [1.54, 1.807) is 38.6 Å². The SMILES string of the molecule is C=CCN(Cc1ccccc1)C(=O)C1N(CCCO)C(=O)[C@@H]2[C@H](C(=O)N(CC=C)c3ccccc3)[C@]3(C)CCC12S3. The Balaban J connectivity index is 1.55. The van der Waals surface area contributed by atoms with Crippen molar-refractivity contribution >= 4 is 35.2 Å². The topological polar surface area (TPSA) is 81.2 Å². The summed E-state index contributed by atoms with van der Waals surface area (Å²) in [5.74, 6) is -1.59. The van der Waals surface area contributed by atoms with E-state index >= 15 is 0 Å². The predicted molar refractivity (Wildman–Crippen MR) is 163 cm³/mol. The van der Waals surface area contributed by atoms with Gasteiger partial charge in [-0.25, -0.2) is 0 Å². The smallest absolute Gasteiger partial charge is 0.247 e. The maximum absolute atomic E-state index is 14.5. The van der Waals surface area contributed by atoms with Crippen LogP contribution in [0, 0.1) is 11.8 Å². The van der Waals surface area contributed by atoms with Crippen molar-refractivity contribution < 1.29 is 19.5 Å². The van der Waals surface area contributed by atoms with Gasteiger partial charge in [0.25, 0.3) is 0 Å². The van der Waals surface area contributed by atoms with Gasteiger partial charge in [-0.1, -0.05) is 60.7 Å². The third-order valence-corrected chi connectivity index (χ3v) is 10.8. The molecule has 8 heteroatoms. The lowest BCUT2D eigenvalue weighted by molar-refractivity contribution is -0.143. The van der Waals surface area contributed by atoms with Crippen molar-refractivity contribution in [3.63, 3.8) is 0 Å². The lowest BCUT2D eigenvalue weighted by atomic mass is 9.66. The molecule has 1 N–H and O–H groups in total. The first-order valence-electron chi connectivity index (χ1n) is 14.3. The number of hydrogen-bond donors (Lipinski definition) is 1. The maximum atomic E-state index is 14.5. The lowest BCUT2D eigenvalue weighted by Crippen LogP contribution is -2.55. The number of thioether (sulfide) groups is 1. The van der Waals surface area contributed by atoms with Crippen LogP contribution in [0.15, 0.2) is 86.0 Å². The number of rotatable bonds is 12. The van der Waals surface area contributed by atoms with Gasteiger partial charge in [-0.2, -0.15) is 0 Å². The molecule has 3 fully saturated rings. The van der Waals surface area contributed by atoms with Gasteiger partial charge >= 0.3 is 0 Å². The molecule has 2 bridgehead atoms. The van der Waals surface area contributed by atoms with Gasteiger partial charge in [0.15, 0.2) is 0 Å². The molecule has 3 aliphatic rings. The molecule has 2 aromatic rings. The summed E-state index contributed by atoms with van der Waals surface area (Å²) < 4.78 is -1.19. The highest BCUT2D eigenvalue weighted by Crippen LogP contribution is 2.71. The second kappa shape index (κ2) is 11.9. The summed E-state index contributed by atoms with van der Waals surface area (Å²) in [6.45, 7) is 11.1. The number of para-hydroxylation sites is 1. The monoisotopic (exact) mass is 573 g/mol. The molecule has 0 saturated carbocycles. The van der Waals surface area contributed by atoms with E-state index in [1.165, 1.54) is 0 Å². The molecule has 1 spiro atoms. The molecule has 3 aliphatic heterocycles. The summed E-state index contributed by atoms with van der Waals surface area (Å²) in [6.07, 6.45) is 5.21. The van der Waals surface area contributed by atoms with Crippen LogP contribution >= 0.6 is 11.8 Å². The van der Waals surface area contributed by atoms with Gasteiger partial charge in [-0.15, -0.1) is 24.9 Å². The van der Waals surface area contributed by atoms with Crippen LogP contribution in [-0.2, 0) is 20.9 Å². The van der Waals surface area contributed by atoms with Crippen LogP contribution in [0.5, 0.6) is 0 Å². The predicted octanol–water partition coefficient (Wildman–Crippen LogP) is 4.28. The van der Waals surface area contributed by atoms with Crippen molar-refractivity contribution in [3.8, 4) is 0 Å². The van der Waals surface area contributed by atoms with Gasteiger partial charge in [0, 0.05) is 43.2 Å². The zero-order valence-electron chi connectivity index (χ0n) is 23.7. The van der Waals surface area contributed by atoms with E-state index in [1.807, 2.05) is 60.7 Å². The summed E-state index contributed by atoms with van der Waals surface area (Å²) in [5, 5.41) is 9.68. The molecule has 2 unspecified atom stereocenters. The average molecular weight is 574 g/mol. The summed E-state index contributed by atoms with van der Waals surface area (Å²) in [4.78, 5) is 48.5. The lowest BCUT2D eigenvalue weighted by Gasteiger charge is -2.38. The van der Waals surface area contributed by atoms with Gasteiger partial charge in [0.05, 0.1) is 16.6 Å². The van der Waals surface area contributed by atoms with Gasteiger partial charge in [-0.3, -0.25) is 14.4 Å². The van der Waals surface area contributed by atoms with E-state index in [2.05, 4.69) is 20.1 Å². The third kappa shape index (κ3) is 5.01. The molecule has 0 aliphatic carbocycles. The Labute approximate surface area is 246 Å². The van der Waals surface area contributed by atoms with Gasteiger partial charge in [-0.05, 0) is 43.9 Å². The second-order valence-electron chi connectivity index (χ2n) is 11.4. The number of fused-ring (bicyclic) bond motifs is 1. The minimum atomic E-state index is -0.718. The van der Waals surface area contributed by atoms with Crippen molar-refractivity contribution in [1.29, 1.82) is 0 Å². The van der Waals surface area contributed by atoms with E-state index in [-0.39, 0.29) is 30.9 Å². The van der Waals surface area contributed by atoms with Crippen LogP contribution in [0.3, 0.4) is 0 Å². The van der Waals surface area contributed by atoms with Crippen LogP contribution in [0.2, 0.25) is 0 Å². The van der Waals surface area contributed by atoms with E-state index in [0.717, 1.165) is 17.7 Å². The highest BCUT2D eigenvalue weighted by Gasteiger charge is 2.77. The molecular weight excluding hydrogens is 534 g/mol. The van der Waals surface area contributed by atoms with Crippen molar-refractivity contribution in [2.45, 2.75) is 48.3 Å². The van der Waals surface area contributed by atoms with Gasteiger partial charge in [0.2, 0.25) is 17.7 Å². The molecule has 3 amide bonds. The fraction of sp³-hybridized carbons (Fsp3) is 0.424. The molecule has 2 aromatic carbocycles. The highest BCUT2D eigenvalue weighted by molar-refractivity contribution is 8.02. The van der Waals surface area contributed by atoms with Crippen LogP contribution in [0.1, 0.15) is 31.7 Å². The average Bonchev–Trinajstić information content (AvgIpc) is 3.55. The van der Waals surface area contributed by atoms with E-state index in [4.69, 9.17) is 0 Å². The van der Waals surface area contributed by atoms with Gasteiger partial charge < -0.3 is 19.8 Å². The molecule has 3 heterocycles. The number of likely N-dealkylation sites (tertiary alicyclic amines) is 1. The minimum absolute atomic E-state index is 0.0862. The molecule has 0 radical (unpaired) electrons. The standard InChI is InChI=1S/C33H39N3O4S/c1-4-19-34(23-24-13-8-6-9-14-24)31(40)28-33-18-17-32(3,41-33)26(27(33)30(39)36(28)21-12-22-37)29(38)35(20-5-2)25-15-10-7-11-16-25/h4-11,13-16,26-28,37H,1-2,12,17-23H2,3H3/t26-,27+,28?,32+,33?/m1/s1. The molecule has 41 heavy (non-hydrogen) atoms. The quantitative estimate of drug-likeness (QED) is 0.384. The normalized spacial score (nSPS) is 27.9. The van der Waals surface area contributed by atoms with Crippen LogP contribution in [-0.4, -0.2) is 74.4 Å². The first kappa shape index (κ1) is 29.1. The Hall–Kier alpha value is -3.36. The van der Waals surface area contributed by atoms with Crippen LogP contribution in [0.4, 0.5) is 5.69 Å². The number of amides is 3. The molecule has 7 nitrogen and oxygen atoms in total. The number of nitrogens with zero attached hydrogens (tertiary/aromatic N) is 3. The van der Waals surface area contributed by atoms with Crippen LogP contribution in [0.25, 0.3) is 0 Å². The van der Waals surface area contributed by atoms with Crippen molar-refractivity contribution in [3.05, 3.63) is 91.5 Å². The van der Waals surface area contributed by atoms with E-state index in [9.17, 15) is 19.5 Å². The number of hydrogen-bond acceptors (Lipinski definition) is 5. The zero-order chi connectivity index (χ0) is 29.2. The first-order valence-corrected chi connectivity index (χ1v) is 15.2. The Morgan fingerprint density at radius 1 is 1.02 bits per heavy atom.